The minimum Gasteiger partial charge on any atom is -0.389 e. The molecular formula is C18H20O3. The van der Waals surface area contributed by atoms with Crippen molar-refractivity contribution in [1.29, 1.82) is 0 Å². The van der Waals surface area contributed by atoms with Gasteiger partial charge in [-0.2, -0.15) is 0 Å². The van der Waals surface area contributed by atoms with E-state index in [1.54, 1.807) is 0 Å². The molecule has 0 heterocycles. The standard InChI is InChI=1S/C18H20O3/c1-13-2-4-14(5-3-13)15-6-8-16(9-7-15)18(21)11-10-17(20)12-19/h2-9,18-19,21H,10-12H2,1H3/t18-/m1/s1. The highest BCUT2D eigenvalue weighted by atomic mass is 16.3. The first-order valence-corrected chi connectivity index (χ1v) is 7.08. The summed E-state index contributed by atoms with van der Waals surface area (Å²) in [7, 11) is 0. The molecule has 0 spiro atoms. The second-order valence-corrected chi connectivity index (χ2v) is 5.24. The number of aryl methyl sites for hydroxylation is 1. The normalized spacial score (nSPS) is 12.1. The number of hydrogen-bond donors (Lipinski definition) is 2. The van der Waals surface area contributed by atoms with Gasteiger partial charge in [0.25, 0.3) is 0 Å². The summed E-state index contributed by atoms with van der Waals surface area (Å²) in [5.41, 5.74) is 4.24. The van der Waals surface area contributed by atoms with Crippen LogP contribution in [0.25, 0.3) is 11.1 Å². The Morgan fingerprint density at radius 2 is 1.52 bits per heavy atom. The van der Waals surface area contributed by atoms with Gasteiger partial charge in [-0.15, -0.1) is 0 Å². The molecule has 0 aromatic heterocycles. The topological polar surface area (TPSA) is 57.5 Å². The van der Waals surface area contributed by atoms with Crippen molar-refractivity contribution in [1.82, 2.24) is 0 Å². The van der Waals surface area contributed by atoms with E-state index < -0.39 is 12.7 Å². The molecule has 3 heteroatoms. The molecule has 0 amide bonds. The molecule has 0 saturated carbocycles. The summed E-state index contributed by atoms with van der Waals surface area (Å²) in [4.78, 5) is 11.1. The fourth-order valence-electron chi connectivity index (χ4n) is 2.19. The number of benzene rings is 2. The monoisotopic (exact) mass is 284 g/mol. The van der Waals surface area contributed by atoms with E-state index in [0.717, 1.165) is 16.7 Å². The van der Waals surface area contributed by atoms with Gasteiger partial charge in [0.1, 0.15) is 6.61 Å². The van der Waals surface area contributed by atoms with Crippen molar-refractivity contribution < 1.29 is 15.0 Å². The summed E-state index contributed by atoms with van der Waals surface area (Å²) in [6, 6.07) is 16.0. The maximum atomic E-state index is 11.1. The van der Waals surface area contributed by atoms with E-state index >= 15 is 0 Å². The number of hydrogen-bond acceptors (Lipinski definition) is 3. The largest absolute Gasteiger partial charge is 0.389 e. The third kappa shape index (κ3) is 4.25. The van der Waals surface area contributed by atoms with Crippen LogP contribution < -0.4 is 0 Å². The minimum atomic E-state index is -0.674. The van der Waals surface area contributed by atoms with Crippen molar-refractivity contribution in [3.05, 3.63) is 59.7 Å². The highest BCUT2D eigenvalue weighted by Crippen LogP contribution is 2.24. The number of rotatable bonds is 6. The zero-order valence-corrected chi connectivity index (χ0v) is 12.1. The molecule has 0 aliphatic carbocycles. The van der Waals surface area contributed by atoms with Gasteiger partial charge >= 0.3 is 0 Å². The predicted octanol–water partition coefficient (Wildman–Crippen LogP) is 3.04. The number of aliphatic hydroxyl groups is 2. The van der Waals surface area contributed by atoms with Crippen molar-refractivity contribution in [2.45, 2.75) is 25.9 Å². The Morgan fingerprint density at radius 3 is 2.05 bits per heavy atom. The van der Waals surface area contributed by atoms with E-state index in [4.69, 9.17) is 5.11 Å². The maximum Gasteiger partial charge on any atom is 0.158 e. The second-order valence-electron chi connectivity index (χ2n) is 5.24. The van der Waals surface area contributed by atoms with Crippen LogP contribution in [-0.4, -0.2) is 22.6 Å². The van der Waals surface area contributed by atoms with Gasteiger partial charge in [0.2, 0.25) is 0 Å². The Kier molecular flexibility index (Phi) is 5.26. The Hall–Kier alpha value is -1.97. The SMILES string of the molecule is Cc1ccc(-c2ccc([C@H](O)CCC(=O)CO)cc2)cc1. The van der Waals surface area contributed by atoms with Crippen LogP contribution in [-0.2, 0) is 4.79 Å². The number of aliphatic hydroxyl groups excluding tert-OH is 2. The first-order chi connectivity index (χ1) is 10.1. The maximum absolute atomic E-state index is 11.1. The van der Waals surface area contributed by atoms with Crippen LogP contribution in [0.4, 0.5) is 0 Å². The van der Waals surface area contributed by atoms with E-state index in [-0.39, 0.29) is 12.2 Å². The zero-order chi connectivity index (χ0) is 15.2. The first kappa shape index (κ1) is 15.4. The van der Waals surface area contributed by atoms with Gasteiger partial charge in [0, 0.05) is 6.42 Å². The van der Waals surface area contributed by atoms with Gasteiger partial charge in [-0.3, -0.25) is 4.79 Å². The van der Waals surface area contributed by atoms with Crippen molar-refractivity contribution in [2.75, 3.05) is 6.61 Å². The second kappa shape index (κ2) is 7.16. The van der Waals surface area contributed by atoms with Crippen LogP contribution in [0.15, 0.2) is 48.5 Å². The molecule has 0 aliphatic heterocycles. The third-order valence-corrected chi connectivity index (χ3v) is 3.55. The van der Waals surface area contributed by atoms with Gasteiger partial charge in [-0.25, -0.2) is 0 Å². The lowest BCUT2D eigenvalue weighted by Gasteiger charge is -2.11. The zero-order valence-electron chi connectivity index (χ0n) is 12.1. The lowest BCUT2D eigenvalue weighted by Crippen LogP contribution is -2.06. The molecule has 0 radical (unpaired) electrons. The molecule has 2 N–H and O–H groups in total. The van der Waals surface area contributed by atoms with Crippen molar-refractivity contribution >= 4 is 5.78 Å². The summed E-state index contributed by atoms with van der Waals surface area (Å²) < 4.78 is 0. The molecule has 2 aromatic carbocycles. The molecule has 2 rings (SSSR count). The van der Waals surface area contributed by atoms with Crippen molar-refractivity contribution in [3.8, 4) is 11.1 Å². The van der Waals surface area contributed by atoms with Gasteiger partial charge in [-0.1, -0.05) is 54.1 Å². The number of ketones is 1. The Bertz CT molecular complexity index is 585. The van der Waals surface area contributed by atoms with Crippen LogP contribution in [0.5, 0.6) is 0 Å². The fraction of sp³-hybridized carbons (Fsp3) is 0.278. The molecule has 0 bridgehead atoms. The lowest BCUT2D eigenvalue weighted by atomic mass is 9.99. The Morgan fingerprint density at radius 1 is 1.00 bits per heavy atom. The van der Waals surface area contributed by atoms with Gasteiger partial charge < -0.3 is 10.2 Å². The van der Waals surface area contributed by atoms with Crippen LogP contribution in [0.2, 0.25) is 0 Å². The number of carbonyl (C=O) groups is 1. The van der Waals surface area contributed by atoms with Crippen LogP contribution in [0.1, 0.15) is 30.1 Å². The molecule has 0 saturated heterocycles. The van der Waals surface area contributed by atoms with E-state index in [0.29, 0.717) is 6.42 Å². The van der Waals surface area contributed by atoms with E-state index in [2.05, 4.69) is 31.2 Å². The fourth-order valence-corrected chi connectivity index (χ4v) is 2.19. The summed E-state index contributed by atoms with van der Waals surface area (Å²) in [5.74, 6) is -0.245. The smallest absolute Gasteiger partial charge is 0.158 e. The summed E-state index contributed by atoms with van der Waals surface area (Å²) in [6.45, 7) is 1.59. The van der Waals surface area contributed by atoms with Gasteiger partial charge in [-0.05, 0) is 30.0 Å². The molecule has 2 aromatic rings. The average Bonchev–Trinajstić information content (AvgIpc) is 2.53. The molecule has 3 nitrogen and oxygen atoms in total. The van der Waals surface area contributed by atoms with Gasteiger partial charge in [0.05, 0.1) is 6.10 Å². The Labute approximate surface area is 124 Å². The summed E-state index contributed by atoms with van der Waals surface area (Å²) in [6.07, 6.45) is -0.145. The molecule has 21 heavy (non-hydrogen) atoms. The average molecular weight is 284 g/mol. The first-order valence-electron chi connectivity index (χ1n) is 7.08. The molecule has 0 unspecified atom stereocenters. The van der Waals surface area contributed by atoms with Crippen molar-refractivity contribution in [2.24, 2.45) is 0 Å². The molecule has 110 valence electrons. The molecule has 0 fully saturated rings. The number of carbonyl (C=O) groups excluding carboxylic acids is 1. The van der Waals surface area contributed by atoms with Crippen LogP contribution in [0, 0.1) is 6.92 Å². The quantitative estimate of drug-likeness (QED) is 0.857. The van der Waals surface area contributed by atoms with E-state index in [9.17, 15) is 9.90 Å². The van der Waals surface area contributed by atoms with E-state index in [1.165, 1.54) is 5.56 Å². The highest BCUT2D eigenvalue weighted by Gasteiger charge is 2.10. The minimum absolute atomic E-state index is 0.192. The lowest BCUT2D eigenvalue weighted by molar-refractivity contribution is -0.122. The molecule has 1 atom stereocenters. The highest BCUT2D eigenvalue weighted by molar-refractivity contribution is 5.79. The number of Topliss-reactive ketones (excluding diaryl/α,β-unsaturated/α-hetero) is 1. The van der Waals surface area contributed by atoms with E-state index in [1.807, 2.05) is 24.3 Å². The summed E-state index contributed by atoms with van der Waals surface area (Å²) in [5, 5.41) is 18.7. The predicted molar refractivity (Wildman–Crippen MR) is 82.9 cm³/mol. The molecular weight excluding hydrogens is 264 g/mol. The molecule has 0 aliphatic rings. The Balaban J connectivity index is 2.04. The van der Waals surface area contributed by atoms with Crippen LogP contribution >= 0.6 is 0 Å². The van der Waals surface area contributed by atoms with Crippen molar-refractivity contribution in [3.63, 3.8) is 0 Å². The van der Waals surface area contributed by atoms with Crippen LogP contribution in [0.3, 0.4) is 0 Å². The van der Waals surface area contributed by atoms with Gasteiger partial charge in [0.15, 0.2) is 5.78 Å². The summed E-state index contributed by atoms with van der Waals surface area (Å²) >= 11 is 0. The third-order valence-electron chi connectivity index (χ3n) is 3.55.